The summed E-state index contributed by atoms with van der Waals surface area (Å²) in [6, 6.07) is 15.9. The Balaban J connectivity index is 1.55. The summed E-state index contributed by atoms with van der Waals surface area (Å²) in [7, 11) is 4.53. The van der Waals surface area contributed by atoms with Crippen LogP contribution in [0.5, 0.6) is 17.2 Å². The number of ether oxygens (including phenoxy) is 3. The molecule has 42 heavy (non-hydrogen) atoms. The Morgan fingerprint density at radius 1 is 0.976 bits per heavy atom. The zero-order valence-corrected chi connectivity index (χ0v) is 24.7. The van der Waals surface area contributed by atoms with E-state index >= 15 is 0 Å². The number of fused-ring (bicyclic) bond motifs is 3. The summed E-state index contributed by atoms with van der Waals surface area (Å²) < 4.78 is 23.4. The van der Waals surface area contributed by atoms with Gasteiger partial charge in [-0.2, -0.15) is 0 Å². The SMILES string of the molecule is CCN(CC)c1onc2c1c(=O)n(-c1cccc(CC(=O)Nc3cc(OC)c(OC)c(OC)c3)c1)c1cccc(Cl)c21. The number of nitrogens with zero attached hydrogens (tertiary/aromatic N) is 3. The Labute approximate surface area is 247 Å². The number of halogens is 1. The molecule has 0 aliphatic heterocycles. The van der Waals surface area contributed by atoms with Gasteiger partial charge in [-0.15, -0.1) is 0 Å². The van der Waals surface area contributed by atoms with Crippen LogP contribution in [0.15, 0.2) is 63.9 Å². The van der Waals surface area contributed by atoms with Crippen molar-refractivity contribution in [2.75, 3.05) is 44.6 Å². The summed E-state index contributed by atoms with van der Waals surface area (Å²) in [5.74, 6) is 1.41. The van der Waals surface area contributed by atoms with Crippen LogP contribution in [-0.2, 0) is 11.2 Å². The lowest BCUT2D eigenvalue weighted by Gasteiger charge is -2.17. The molecule has 0 unspecified atom stereocenters. The molecular weight excluding hydrogens is 560 g/mol. The van der Waals surface area contributed by atoms with E-state index in [0.29, 0.717) is 80.0 Å². The molecule has 2 heterocycles. The third-order valence-corrected chi connectivity index (χ3v) is 7.41. The second-order valence-electron chi connectivity index (χ2n) is 9.47. The number of rotatable bonds is 10. The van der Waals surface area contributed by atoms with Crippen molar-refractivity contribution in [3.8, 4) is 22.9 Å². The molecule has 0 saturated carbocycles. The Kier molecular flexibility index (Phi) is 8.26. The van der Waals surface area contributed by atoms with Crippen LogP contribution in [0.4, 0.5) is 11.6 Å². The van der Waals surface area contributed by atoms with E-state index in [-0.39, 0.29) is 17.9 Å². The summed E-state index contributed by atoms with van der Waals surface area (Å²) >= 11 is 6.65. The standard InChI is InChI=1S/C31H31ClN4O6/c1-6-35(7-2)31-27-28(34-42-31)26-21(32)12-9-13-22(26)36(30(27)38)20-11-8-10-18(14-20)15-25(37)33-19-16-23(39-3)29(41-5)24(17-19)40-4/h8-14,16-17H,6-7,15H2,1-5H3,(H,33,37). The number of methoxy groups -OCH3 is 3. The second-order valence-corrected chi connectivity index (χ2v) is 9.87. The average molecular weight is 591 g/mol. The van der Waals surface area contributed by atoms with Crippen LogP contribution in [0, 0.1) is 0 Å². The number of pyridine rings is 1. The van der Waals surface area contributed by atoms with Crippen molar-refractivity contribution in [1.82, 2.24) is 9.72 Å². The molecule has 1 N–H and O–H groups in total. The van der Waals surface area contributed by atoms with Crippen LogP contribution < -0.4 is 30.0 Å². The maximum absolute atomic E-state index is 14.1. The van der Waals surface area contributed by atoms with E-state index in [1.165, 1.54) is 21.3 Å². The van der Waals surface area contributed by atoms with E-state index in [1.807, 2.05) is 49.1 Å². The first-order valence-electron chi connectivity index (χ1n) is 13.4. The third-order valence-electron chi connectivity index (χ3n) is 7.09. The van der Waals surface area contributed by atoms with Crippen LogP contribution >= 0.6 is 11.6 Å². The number of carbonyl (C=O) groups excluding carboxylic acids is 1. The summed E-state index contributed by atoms with van der Waals surface area (Å²) in [5.41, 5.74) is 2.48. The molecule has 0 bridgehead atoms. The van der Waals surface area contributed by atoms with Crippen molar-refractivity contribution >= 4 is 50.9 Å². The first-order chi connectivity index (χ1) is 20.3. The van der Waals surface area contributed by atoms with Crippen molar-refractivity contribution in [2.45, 2.75) is 20.3 Å². The number of amides is 1. The fourth-order valence-electron chi connectivity index (χ4n) is 5.13. The number of benzene rings is 3. The minimum Gasteiger partial charge on any atom is -0.493 e. The Hall–Kier alpha value is -4.70. The van der Waals surface area contributed by atoms with Crippen LogP contribution in [-0.4, -0.2) is 50.0 Å². The van der Waals surface area contributed by atoms with Gasteiger partial charge in [0.1, 0.15) is 10.9 Å². The molecule has 2 aromatic heterocycles. The van der Waals surface area contributed by atoms with Crippen molar-refractivity contribution in [3.63, 3.8) is 0 Å². The van der Waals surface area contributed by atoms with Crippen LogP contribution in [0.25, 0.3) is 27.5 Å². The molecule has 5 aromatic rings. The van der Waals surface area contributed by atoms with E-state index in [0.717, 1.165) is 0 Å². The highest BCUT2D eigenvalue weighted by Crippen LogP contribution is 2.40. The molecule has 0 spiro atoms. The van der Waals surface area contributed by atoms with Crippen LogP contribution in [0.3, 0.4) is 0 Å². The molecule has 0 aliphatic carbocycles. The minimum atomic E-state index is -0.290. The smallest absolute Gasteiger partial charge is 0.270 e. The highest BCUT2D eigenvalue weighted by atomic mass is 35.5. The first-order valence-corrected chi connectivity index (χ1v) is 13.8. The van der Waals surface area contributed by atoms with Gasteiger partial charge in [-0.3, -0.25) is 14.2 Å². The molecule has 11 heteroatoms. The number of hydrogen-bond acceptors (Lipinski definition) is 8. The molecule has 0 fully saturated rings. The lowest BCUT2D eigenvalue weighted by molar-refractivity contribution is -0.115. The molecule has 3 aromatic carbocycles. The van der Waals surface area contributed by atoms with Gasteiger partial charge in [-0.25, -0.2) is 0 Å². The number of nitrogens with one attached hydrogen (secondary N) is 1. The Morgan fingerprint density at radius 3 is 2.31 bits per heavy atom. The molecular formula is C31H31ClN4O6. The van der Waals surface area contributed by atoms with E-state index < -0.39 is 0 Å². The Morgan fingerprint density at radius 2 is 1.67 bits per heavy atom. The van der Waals surface area contributed by atoms with E-state index in [9.17, 15) is 9.59 Å². The molecule has 10 nitrogen and oxygen atoms in total. The van der Waals surface area contributed by atoms with Gasteiger partial charge in [0.15, 0.2) is 11.5 Å². The zero-order valence-electron chi connectivity index (χ0n) is 24.0. The molecule has 218 valence electrons. The average Bonchev–Trinajstić information content (AvgIpc) is 3.42. The number of hydrogen-bond donors (Lipinski definition) is 1. The number of carbonyl (C=O) groups is 1. The summed E-state index contributed by atoms with van der Waals surface area (Å²) in [5, 5.41) is 8.56. The maximum Gasteiger partial charge on any atom is 0.270 e. The summed E-state index contributed by atoms with van der Waals surface area (Å²) in [6.45, 7) is 5.24. The van der Waals surface area contributed by atoms with Crippen LogP contribution in [0.2, 0.25) is 5.02 Å². The minimum absolute atomic E-state index is 0.0537. The quantitative estimate of drug-likeness (QED) is 0.216. The normalized spacial score (nSPS) is 11.1. The predicted octanol–water partition coefficient (Wildman–Crippen LogP) is 5.84. The molecule has 0 atom stereocenters. The van der Waals surface area contributed by atoms with E-state index in [2.05, 4.69) is 10.5 Å². The van der Waals surface area contributed by atoms with Gasteiger partial charge < -0.3 is 29.0 Å². The van der Waals surface area contributed by atoms with E-state index in [4.69, 9.17) is 30.3 Å². The highest BCUT2D eigenvalue weighted by Gasteiger charge is 2.24. The first kappa shape index (κ1) is 28.8. The van der Waals surface area contributed by atoms with Crippen molar-refractivity contribution in [1.29, 1.82) is 0 Å². The molecule has 5 rings (SSSR count). The van der Waals surface area contributed by atoms with Crippen LogP contribution in [0.1, 0.15) is 19.4 Å². The second kappa shape index (κ2) is 12.0. The fraction of sp³-hybridized carbons (Fsp3) is 0.258. The van der Waals surface area contributed by atoms with Gasteiger partial charge in [0, 0.05) is 42.0 Å². The van der Waals surface area contributed by atoms with Gasteiger partial charge in [-0.05, 0) is 43.7 Å². The Bertz CT molecular complexity index is 1820. The van der Waals surface area contributed by atoms with Crippen molar-refractivity contribution in [3.05, 3.63) is 75.5 Å². The monoisotopic (exact) mass is 590 g/mol. The number of aromatic nitrogens is 2. The van der Waals surface area contributed by atoms with Crippen molar-refractivity contribution in [2.24, 2.45) is 0 Å². The predicted molar refractivity (Wildman–Crippen MR) is 164 cm³/mol. The lowest BCUT2D eigenvalue weighted by atomic mass is 10.1. The number of anilines is 2. The van der Waals surface area contributed by atoms with Gasteiger partial charge >= 0.3 is 0 Å². The molecule has 0 aliphatic rings. The molecule has 0 radical (unpaired) electrons. The van der Waals surface area contributed by atoms with E-state index in [1.54, 1.807) is 28.8 Å². The largest absolute Gasteiger partial charge is 0.493 e. The third kappa shape index (κ3) is 5.09. The molecule has 1 amide bonds. The molecule has 0 saturated heterocycles. The van der Waals surface area contributed by atoms with Gasteiger partial charge in [0.05, 0.1) is 38.3 Å². The van der Waals surface area contributed by atoms with Gasteiger partial charge in [-0.1, -0.05) is 35.0 Å². The van der Waals surface area contributed by atoms with Gasteiger partial charge in [0.2, 0.25) is 17.5 Å². The lowest BCUT2D eigenvalue weighted by Crippen LogP contribution is -2.25. The topological polar surface area (TPSA) is 108 Å². The summed E-state index contributed by atoms with van der Waals surface area (Å²) in [4.78, 5) is 29.1. The highest BCUT2D eigenvalue weighted by molar-refractivity contribution is 6.37. The van der Waals surface area contributed by atoms with Crippen molar-refractivity contribution < 1.29 is 23.5 Å². The maximum atomic E-state index is 14.1. The fourth-order valence-corrected chi connectivity index (χ4v) is 5.39. The van der Waals surface area contributed by atoms with Gasteiger partial charge in [0.25, 0.3) is 5.56 Å². The summed E-state index contributed by atoms with van der Waals surface area (Å²) in [6.07, 6.45) is 0.0537. The zero-order chi connectivity index (χ0) is 30.0.